The van der Waals surface area contributed by atoms with Crippen molar-refractivity contribution in [2.75, 3.05) is 13.2 Å². The molecule has 0 aliphatic carbocycles. The Morgan fingerprint density at radius 1 is 1.17 bits per heavy atom. The summed E-state index contributed by atoms with van der Waals surface area (Å²) in [6, 6.07) is 8.05. The third kappa shape index (κ3) is 3.34. The number of nitrogens with zero attached hydrogens (tertiary/aromatic N) is 1. The normalized spacial score (nSPS) is 16.8. The molecule has 0 radical (unpaired) electrons. The summed E-state index contributed by atoms with van der Waals surface area (Å²) in [5.41, 5.74) is 2.58. The van der Waals surface area contributed by atoms with E-state index in [2.05, 4.69) is 6.92 Å². The first-order valence-electron chi connectivity index (χ1n) is 8.46. The molecule has 1 saturated heterocycles. The predicted octanol–water partition coefficient (Wildman–Crippen LogP) is 3.62. The second kappa shape index (κ2) is 7.14. The topological polar surface area (TPSA) is 48.3 Å². The van der Waals surface area contributed by atoms with Crippen LogP contribution in [-0.4, -0.2) is 24.1 Å². The third-order valence-electron chi connectivity index (χ3n) is 4.98. The number of aromatic nitrogens is 1. The van der Waals surface area contributed by atoms with E-state index in [-0.39, 0.29) is 17.0 Å². The molecular weight excluding hydrogens is 302 g/mol. The standard InChI is InChI=1S/C20H23NO3/c1-14-3-5-17(6-4-14)19-12-21(11-18(13-22)20(19)23)15(2)16-7-9-24-10-8-16/h3-6,11-13,15-16H,7-10H2,1-2H3/t15-/m0/s1. The number of aryl methyl sites for hydroxylation is 1. The van der Waals surface area contributed by atoms with E-state index in [0.717, 1.165) is 37.2 Å². The first-order chi connectivity index (χ1) is 11.6. The maximum atomic E-state index is 12.6. The molecule has 0 saturated carbocycles. The van der Waals surface area contributed by atoms with Crippen LogP contribution in [0.15, 0.2) is 41.5 Å². The van der Waals surface area contributed by atoms with Gasteiger partial charge in [0, 0.05) is 37.2 Å². The molecule has 0 N–H and O–H groups in total. The van der Waals surface area contributed by atoms with Gasteiger partial charge < -0.3 is 9.30 Å². The van der Waals surface area contributed by atoms with Crippen molar-refractivity contribution >= 4 is 6.29 Å². The average Bonchev–Trinajstić information content (AvgIpc) is 2.63. The van der Waals surface area contributed by atoms with E-state index in [9.17, 15) is 9.59 Å². The number of aldehydes is 1. The minimum Gasteiger partial charge on any atom is -0.381 e. The Kier molecular flexibility index (Phi) is 4.95. The summed E-state index contributed by atoms with van der Waals surface area (Å²) >= 11 is 0. The molecule has 4 nitrogen and oxygen atoms in total. The van der Waals surface area contributed by atoms with E-state index in [1.54, 1.807) is 6.20 Å². The van der Waals surface area contributed by atoms with Crippen molar-refractivity contribution in [1.29, 1.82) is 0 Å². The fraction of sp³-hybridized carbons (Fsp3) is 0.400. The summed E-state index contributed by atoms with van der Waals surface area (Å²) in [7, 11) is 0. The van der Waals surface area contributed by atoms with Crippen molar-refractivity contribution in [2.24, 2.45) is 5.92 Å². The molecule has 0 unspecified atom stereocenters. The van der Waals surface area contributed by atoms with Crippen LogP contribution in [0.1, 0.15) is 41.7 Å². The Balaban J connectivity index is 2.04. The van der Waals surface area contributed by atoms with Gasteiger partial charge in [0.15, 0.2) is 11.7 Å². The minimum atomic E-state index is -0.204. The highest BCUT2D eigenvalue weighted by Gasteiger charge is 2.22. The Morgan fingerprint density at radius 3 is 2.46 bits per heavy atom. The molecule has 1 fully saturated rings. The van der Waals surface area contributed by atoms with E-state index >= 15 is 0 Å². The van der Waals surface area contributed by atoms with Crippen LogP contribution >= 0.6 is 0 Å². The van der Waals surface area contributed by atoms with Crippen molar-refractivity contribution in [3.63, 3.8) is 0 Å². The highest BCUT2D eigenvalue weighted by Crippen LogP contribution is 2.28. The van der Waals surface area contributed by atoms with E-state index in [1.165, 1.54) is 0 Å². The van der Waals surface area contributed by atoms with Crippen LogP contribution in [0.2, 0.25) is 0 Å². The summed E-state index contributed by atoms with van der Waals surface area (Å²) < 4.78 is 7.46. The second-order valence-corrected chi connectivity index (χ2v) is 6.58. The number of carbonyl (C=O) groups excluding carboxylic acids is 1. The maximum absolute atomic E-state index is 12.6. The molecule has 1 aliphatic heterocycles. The second-order valence-electron chi connectivity index (χ2n) is 6.58. The van der Waals surface area contributed by atoms with Gasteiger partial charge in [-0.15, -0.1) is 0 Å². The summed E-state index contributed by atoms with van der Waals surface area (Å²) in [5.74, 6) is 0.492. The summed E-state index contributed by atoms with van der Waals surface area (Å²) in [6.45, 7) is 5.71. The molecule has 4 heteroatoms. The Bertz CT molecular complexity index is 770. The van der Waals surface area contributed by atoms with E-state index < -0.39 is 0 Å². The Labute approximate surface area is 142 Å². The van der Waals surface area contributed by atoms with Crippen molar-refractivity contribution in [3.8, 4) is 11.1 Å². The van der Waals surface area contributed by atoms with Gasteiger partial charge in [-0.25, -0.2) is 0 Å². The molecule has 0 spiro atoms. The molecule has 2 heterocycles. The number of rotatable bonds is 4. The molecule has 0 amide bonds. The number of carbonyl (C=O) groups is 1. The molecule has 1 atom stereocenters. The molecule has 0 bridgehead atoms. The van der Waals surface area contributed by atoms with E-state index in [4.69, 9.17) is 4.74 Å². The lowest BCUT2D eigenvalue weighted by Crippen LogP contribution is -2.26. The molecule has 2 aromatic rings. The van der Waals surface area contributed by atoms with Gasteiger partial charge in [-0.2, -0.15) is 0 Å². The van der Waals surface area contributed by atoms with Crippen LogP contribution in [0.3, 0.4) is 0 Å². The van der Waals surface area contributed by atoms with Gasteiger partial charge >= 0.3 is 0 Å². The fourth-order valence-corrected chi connectivity index (χ4v) is 3.32. The zero-order chi connectivity index (χ0) is 17.1. The van der Waals surface area contributed by atoms with Crippen LogP contribution in [-0.2, 0) is 4.74 Å². The predicted molar refractivity (Wildman–Crippen MR) is 94.5 cm³/mol. The number of pyridine rings is 1. The van der Waals surface area contributed by atoms with Gasteiger partial charge in [0.25, 0.3) is 0 Å². The van der Waals surface area contributed by atoms with Crippen LogP contribution in [0.4, 0.5) is 0 Å². The van der Waals surface area contributed by atoms with Crippen LogP contribution in [0, 0.1) is 12.8 Å². The SMILES string of the molecule is Cc1ccc(-c2cn([C@@H](C)C3CCOCC3)cc(C=O)c2=O)cc1. The first-order valence-corrected chi connectivity index (χ1v) is 8.46. The van der Waals surface area contributed by atoms with Gasteiger partial charge in [-0.3, -0.25) is 9.59 Å². The quantitative estimate of drug-likeness (QED) is 0.807. The lowest BCUT2D eigenvalue weighted by molar-refractivity contribution is 0.0512. The van der Waals surface area contributed by atoms with Gasteiger partial charge in [0.05, 0.1) is 5.56 Å². The van der Waals surface area contributed by atoms with Crippen molar-refractivity contribution in [3.05, 3.63) is 58.0 Å². The highest BCUT2D eigenvalue weighted by atomic mass is 16.5. The monoisotopic (exact) mass is 325 g/mol. The van der Waals surface area contributed by atoms with Gasteiger partial charge in [-0.1, -0.05) is 29.8 Å². The number of benzene rings is 1. The molecule has 1 aliphatic rings. The number of hydrogen-bond donors (Lipinski definition) is 0. The number of ether oxygens (including phenoxy) is 1. The summed E-state index contributed by atoms with van der Waals surface area (Å²) in [6.07, 6.45) is 6.24. The van der Waals surface area contributed by atoms with Gasteiger partial charge in [-0.05, 0) is 38.2 Å². The lowest BCUT2D eigenvalue weighted by Gasteiger charge is -2.30. The molecule has 126 valence electrons. The van der Waals surface area contributed by atoms with Crippen LogP contribution in [0.5, 0.6) is 0 Å². The van der Waals surface area contributed by atoms with E-state index in [1.807, 2.05) is 42.0 Å². The van der Waals surface area contributed by atoms with Gasteiger partial charge in [0.2, 0.25) is 0 Å². The molecular formula is C20H23NO3. The molecule has 3 rings (SSSR count). The Hall–Kier alpha value is -2.20. The van der Waals surface area contributed by atoms with Crippen molar-refractivity contribution < 1.29 is 9.53 Å². The number of hydrogen-bond acceptors (Lipinski definition) is 3. The third-order valence-corrected chi connectivity index (χ3v) is 4.98. The van der Waals surface area contributed by atoms with E-state index in [0.29, 0.717) is 17.8 Å². The van der Waals surface area contributed by atoms with Gasteiger partial charge in [0.1, 0.15) is 0 Å². The lowest BCUT2D eigenvalue weighted by atomic mass is 9.92. The smallest absolute Gasteiger partial charge is 0.199 e. The molecule has 1 aromatic heterocycles. The zero-order valence-electron chi connectivity index (χ0n) is 14.2. The largest absolute Gasteiger partial charge is 0.381 e. The fourth-order valence-electron chi connectivity index (χ4n) is 3.32. The Morgan fingerprint density at radius 2 is 1.83 bits per heavy atom. The highest BCUT2D eigenvalue weighted by molar-refractivity contribution is 5.78. The first kappa shape index (κ1) is 16.7. The van der Waals surface area contributed by atoms with Crippen molar-refractivity contribution in [1.82, 2.24) is 4.57 Å². The van der Waals surface area contributed by atoms with Crippen LogP contribution in [0.25, 0.3) is 11.1 Å². The maximum Gasteiger partial charge on any atom is 0.199 e. The summed E-state index contributed by atoms with van der Waals surface area (Å²) in [4.78, 5) is 24.0. The minimum absolute atomic E-state index is 0.204. The zero-order valence-corrected chi connectivity index (χ0v) is 14.2. The average molecular weight is 325 g/mol. The van der Waals surface area contributed by atoms with Crippen molar-refractivity contribution in [2.45, 2.75) is 32.7 Å². The van der Waals surface area contributed by atoms with Crippen LogP contribution < -0.4 is 5.43 Å². The summed E-state index contributed by atoms with van der Waals surface area (Å²) in [5, 5.41) is 0. The molecule has 24 heavy (non-hydrogen) atoms. The molecule has 1 aromatic carbocycles.